The van der Waals surface area contributed by atoms with E-state index in [9.17, 15) is 31.5 Å². The second-order valence-electron chi connectivity index (χ2n) is 8.04. The fourth-order valence-corrected chi connectivity index (χ4v) is 3.76. The van der Waals surface area contributed by atoms with Crippen LogP contribution in [0.4, 0.5) is 22.0 Å². The highest BCUT2D eigenvalue weighted by Gasteiger charge is 2.47. The van der Waals surface area contributed by atoms with Gasteiger partial charge >= 0.3 is 6.36 Å². The topological polar surface area (TPSA) is 83.3 Å². The summed E-state index contributed by atoms with van der Waals surface area (Å²) >= 11 is 0. The number of allylic oxidation sites excluding steroid dienone is 1. The minimum absolute atomic E-state index is 0.150. The lowest BCUT2D eigenvalue weighted by molar-refractivity contribution is -0.274. The predicted octanol–water partition coefficient (Wildman–Crippen LogP) is 4.96. The monoisotopic (exact) mass is 493 g/mol. The highest BCUT2D eigenvalue weighted by atomic mass is 19.4. The van der Waals surface area contributed by atoms with Gasteiger partial charge in [-0.05, 0) is 41.3 Å². The van der Waals surface area contributed by atoms with Gasteiger partial charge in [0.25, 0.3) is 5.92 Å². The molecule has 184 valence electrons. The van der Waals surface area contributed by atoms with Crippen LogP contribution in [-0.2, 0) is 11.2 Å². The zero-order valence-electron chi connectivity index (χ0n) is 18.3. The van der Waals surface area contributed by atoms with Crippen LogP contribution in [0.1, 0.15) is 40.7 Å². The first-order chi connectivity index (χ1) is 16.4. The number of benzene rings is 1. The molecule has 35 heavy (non-hydrogen) atoms. The van der Waals surface area contributed by atoms with Gasteiger partial charge in [-0.2, -0.15) is 5.26 Å². The summed E-state index contributed by atoms with van der Waals surface area (Å²) in [5.74, 6) is -4.65. The van der Waals surface area contributed by atoms with E-state index in [1.54, 1.807) is 6.07 Å². The number of ketones is 1. The molecule has 0 radical (unpaired) electrons. The molecule has 0 N–H and O–H groups in total. The average Bonchev–Trinajstić information content (AvgIpc) is 3.11. The molecule has 1 aliphatic heterocycles. The molecule has 0 spiro atoms. The maximum absolute atomic E-state index is 13.6. The summed E-state index contributed by atoms with van der Waals surface area (Å²) in [6.45, 7) is 3.06. The van der Waals surface area contributed by atoms with E-state index in [0.29, 0.717) is 16.7 Å². The van der Waals surface area contributed by atoms with E-state index in [1.165, 1.54) is 30.6 Å². The van der Waals surface area contributed by atoms with Gasteiger partial charge in [0.1, 0.15) is 11.8 Å². The number of nitriles is 1. The number of hydrogen-bond donors (Lipinski definition) is 0. The van der Waals surface area contributed by atoms with Crippen molar-refractivity contribution in [2.24, 2.45) is 0 Å². The Hall–Kier alpha value is -3.81. The molecule has 1 aromatic heterocycles. The standard InChI is InChI=1S/C24H20F5N3O3/c1-15(16-2-4-19(5-3-16)35-24(27,28)29)10-17-13-31-9-8-20(17)21(33)6-7-22(34)32-14-23(25,26)11-18(32)12-30/h2-5,8-9,13,18H,1,6-7,10-11,14H2/t18-/m0/s1. The Bertz CT molecular complexity index is 1160. The van der Waals surface area contributed by atoms with Crippen LogP contribution in [0.3, 0.4) is 0 Å². The van der Waals surface area contributed by atoms with Crippen LogP contribution in [0.5, 0.6) is 5.75 Å². The maximum atomic E-state index is 13.6. The van der Waals surface area contributed by atoms with Crippen molar-refractivity contribution < 1.29 is 36.3 Å². The summed E-state index contributed by atoms with van der Waals surface area (Å²) in [6, 6.07) is 7.00. The second-order valence-corrected chi connectivity index (χ2v) is 8.04. The third-order valence-electron chi connectivity index (χ3n) is 5.41. The number of alkyl halides is 5. The number of nitrogens with zero attached hydrogens (tertiary/aromatic N) is 3. The number of rotatable bonds is 8. The molecular formula is C24H20F5N3O3. The van der Waals surface area contributed by atoms with Gasteiger partial charge in [0, 0.05) is 37.2 Å². The van der Waals surface area contributed by atoms with Crippen LogP contribution in [0, 0.1) is 11.3 Å². The van der Waals surface area contributed by atoms with Crippen molar-refractivity contribution >= 4 is 17.3 Å². The van der Waals surface area contributed by atoms with Gasteiger partial charge in [-0.25, -0.2) is 8.78 Å². The largest absolute Gasteiger partial charge is 0.573 e. The zero-order chi connectivity index (χ0) is 25.8. The van der Waals surface area contributed by atoms with E-state index in [4.69, 9.17) is 5.26 Å². The smallest absolute Gasteiger partial charge is 0.406 e. The van der Waals surface area contributed by atoms with Crippen LogP contribution in [0.15, 0.2) is 49.3 Å². The summed E-state index contributed by atoms with van der Waals surface area (Å²) in [5.41, 5.74) is 1.76. The number of hydrogen-bond acceptors (Lipinski definition) is 5. The van der Waals surface area contributed by atoms with Crippen molar-refractivity contribution in [3.8, 4) is 11.8 Å². The van der Waals surface area contributed by atoms with Gasteiger partial charge < -0.3 is 9.64 Å². The van der Waals surface area contributed by atoms with Crippen molar-refractivity contribution in [3.05, 3.63) is 66.0 Å². The van der Waals surface area contributed by atoms with E-state index >= 15 is 0 Å². The number of carbonyl (C=O) groups excluding carboxylic acids is 2. The highest BCUT2D eigenvalue weighted by Crippen LogP contribution is 2.32. The molecule has 0 unspecified atom stereocenters. The molecule has 11 heteroatoms. The minimum atomic E-state index is -4.81. The first kappa shape index (κ1) is 25.8. The van der Waals surface area contributed by atoms with Gasteiger partial charge in [-0.1, -0.05) is 18.7 Å². The van der Waals surface area contributed by atoms with Gasteiger partial charge in [0.2, 0.25) is 5.91 Å². The molecule has 1 atom stereocenters. The molecule has 1 saturated heterocycles. The number of Topliss-reactive ketones (excluding diaryl/α,β-unsaturated/α-hetero) is 1. The molecular weight excluding hydrogens is 473 g/mol. The SMILES string of the molecule is C=C(Cc1cnccc1C(=O)CCC(=O)N1CC(F)(F)C[C@H]1C#N)c1ccc(OC(F)(F)F)cc1. The van der Waals surface area contributed by atoms with Crippen LogP contribution in [0.2, 0.25) is 0 Å². The first-order valence-electron chi connectivity index (χ1n) is 10.5. The predicted molar refractivity (Wildman–Crippen MR) is 114 cm³/mol. The Morgan fingerprint density at radius 3 is 2.51 bits per heavy atom. The second kappa shape index (κ2) is 10.2. The number of aromatic nitrogens is 1. The molecule has 1 fully saturated rings. The lowest BCUT2D eigenvalue weighted by Gasteiger charge is -2.19. The minimum Gasteiger partial charge on any atom is -0.406 e. The van der Waals surface area contributed by atoms with Crippen molar-refractivity contribution in [1.82, 2.24) is 9.88 Å². The molecule has 2 heterocycles. The Kier molecular flexibility index (Phi) is 7.53. The van der Waals surface area contributed by atoms with E-state index in [-0.39, 0.29) is 30.6 Å². The number of halogens is 5. The van der Waals surface area contributed by atoms with E-state index in [0.717, 1.165) is 17.0 Å². The third kappa shape index (κ3) is 6.85. The maximum Gasteiger partial charge on any atom is 0.573 e. The normalized spacial score (nSPS) is 17.0. The summed E-state index contributed by atoms with van der Waals surface area (Å²) in [4.78, 5) is 30.0. The molecule has 3 rings (SSSR count). The summed E-state index contributed by atoms with van der Waals surface area (Å²) in [7, 11) is 0. The van der Waals surface area contributed by atoms with Crippen LogP contribution in [0.25, 0.3) is 5.57 Å². The first-order valence-corrected chi connectivity index (χ1v) is 10.5. The number of carbonyl (C=O) groups is 2. The quantitative estimate of drug-likeness (QED) is 0.384. The van der Waals surface area contributed by atoms with Gasteiger partial charge in [-0.3, -0.25) is 14.6 Å². The molecule has 2 aromatic rings. The summed E-state index contributed by atoms with van der Waals surface area (Å²) < 4.78 is 68.0. The van der Waals surface area contributed by atoms with E-state index in [2.05, 4.69) is 16.3 Å². The Labute approximate surface area is 197 Å². The third-order valence-corrected chi connectivity index (χ3v) is 5.41. The van der Waals surface area contributed by atoms with Crippen LogP contribution in [-0.4, -0.2) is 46.4 Å². The average molecular weight is 493 g/mol. The van der Waals surface area contributed by atoms with E-state index < -0.39 is 43.0 Å². The van der Waals surface area contributed by atoms with E-state index in [1.807, 2.05) is 0 Å². The van der Waals surface area contributed by atoms with Crippen molar-refractivity contribution in [3.63, 3.8) is 0 Å². The van der Waals surface area contributed by atoms with Gasteiger partial charge in [0.05, 0.1) is 12.6 Å². The molecule has 1 aliphatic rings. The number of likely N-dealkylation sites (tertiary alicyclic amines) is 1. The number of amides is 1. The molecule has 1 aromatic carbocycles. The Balaban J connectivity index is 1.64. The summed E-state index contributed by atoms with van der Waals surface area (Å²) in [6.07, 6.45) is -3.16. The lowest BCUT2D eigenvalue weighted by Crippen LogP contribution is -2.36. The number of ether oxygens (including phenoxy) is 1. The zero-order valence-corrected chi connectivity index (χ0v) is 18.3. The fourth-order valence-electron chi connectivity index (χ4n) is 3.76. The van der Waals surface area contributed by atoms with Gasteiger partial charge in [-0.15, -0.1) is 13.2 Å². The van der Waals surface area contributed by atoms with Crippen molar-refractivity contribution in [2.45, 2.75) is 44.0 Å². The Morgan fingerprint density at radius 1 is 1.20 bits per heavy atom. The fraction of sp³-hybridized carbons (Fsp3) is 0.333. The van der Waals surface area contributed by atoms with Crippen LogP contribution >= 0.6 is 0 Å². The van der Waals surface area contributed by atoms with Gasteiger partial charge in [0.15, 0.2) is 5.78 Å². The molecule has 6 nitrogen and oxygen atoms in total. The molecule has 0 saturated carbocycles. The summed E-state index contributed by atoms with van der Waals surface area (Å²) in [5, 5.41) is 9.04. The lowest BCUT2D eigenvalue weighted by atomic mass is 9.95. The highest BCUT2D eigenvalue weighted by molar-refractivity contribution is 5.99. The molecule has 0 bridgehead atoms. The molecule has 1 amide bonds. The van der Waals surface area contributed by atoms with Crippen molar-refractivity contribution in [1.29, 1.82) is 5.26 Å². The molecule has 0 aliphatic carbocycles. The van der Waals surface area contributed by atoms with Crippen molar-refractivity contribution in [2.75, 3.05) is 6.54 Å². The Morgan fingerprint density at radius 2 is 1.89 bits per heavy atom. The number of pyridine rings is 1. The van der Waals surface area contributed by atoms with Crippen LogP contribution < -0.4 is 4.74 Å².